The second kappa shape index (κ2) is 9.53. The number of carbonyl (C=O) groups excluding carboxylic acids is 1. The quantitative estimate of drug-likeness (QED) is 0.276. The SMILES string of the molecule is CCCc1ccc(-c2cc(C(=O)N/N=C\c3cc4c(cc3Cl)OCO4)c3ccccc3n2)cc1. The van der Waals surface area contributed by atoms with E-state index in [0.29, 0.717) is 27.6 Å². The number of hydrogen-bond acceptors (Lipinski definition) is 5. The van der Waals surface area contributed by atoms with Crippen LogP contribution in [0.5, 0.6) is 11.5 Å². The van der Waals surface area contributed by atoms with Crippen LogP contribution in [0.2, 0.25) is 5.02 Å². The Balaban J connectivity index is 1.43. The molecule has 34 heavy (non-hydrogen) atoms. The number of fused-ring (bicyclic) bond motifs is 2. The van der Waals surface area contributed by atoms with E-state index in [2.05, 4.69) is 29.6 Å². The van der Waals surface area contributed by atoms with Crippen LogP contribution >= 0.6 is 11.6 Å². The highest BCUT2D eigenvalue weighted by molar-refractivity contribution is 6.33. The van der Waals surface area contributed by atoms with Gasteiger partial charge in [-0.05, 0) is 30.2 Å². The zero-order chi connectivity index (χ0) is 23.5. The average Bonchev–Trinajstić information content (AvgIpc) is 3.31. The van der Waals surface area contributed by atoms with Crippen LogP contribution in [0.1, 0.15) is 34.8 Å². The zero-order valence-corrected chi connectivity index (χ0v) is 19.3. The largest absolute Gasteiger partial charge is 0.454 e. The van der Waals surface area contributed by atoms with E-state index in [-0.39, 0.29) is 12.7 Å². The Morgan fingerprint density at radius 2 is 1.85 bits per heavy atom. The van der Waals surface area contributed by atoms with Gasteiger partial charge in [0.05, 0.1) is 28.0 Å². The lowest BCUT2D eigenvalue weighted by molar-refractivity contribution is 0.0956. The molecule has 7 heteroatoms. The highest BCUT2D eigenvalue weighted by Gasteiger charge is 2.16. The lowest BCUT2D eigenvalue weighted by Gasteiger charge is -2.09. The molecule has 1 N–H and O–H groups in total. The van der Waals surface area contributed by atoms with Gasteiger partial charge in [-0.25, -0.2) is 10.4 Å². The van der Waals surface area contributed by atoms with Crippen LogP contribution < -0.4 is 14.9 Å². The Morgan fingerprint density at radius 3 is 2.65 bits per heavy atom. The van der Waals surface area contributed by atoms with Crippen molar-refractivity contribution >= 4 is 34.6 Å². The fraction of sp³-hybridized carbons (Fsp3) is 0.148. The molecule has 2 heterocycles. The standard InChI is InChI=1S/C27H22ClN3O3/c1-2-5-17-8-10-18(11-9-17)24-13-21(20-6-3-4-7-23(20)30-24)27(32)31-29-15-19-12-25-26(14-22(19)28)34-16-33-25/h3-4,6-15H,2,5,16H2,1H3,(H,31,32)/b29-15-. The van der Waals surface area contributed by atoms with Crippen molar-refractivity contribution in [3.63, 3.8) is 0 Å². The minimum atomic E-state index is -0.337. The third-order valence-corrected chi connectivity index (χ3v) is 5.94. The molecule has 0 saturated carbocycles. The fourth-order valence-corrected chi connectivity index (χ4v) is 4.10. The number of pyridine rings is 1. The maximum atomic E-state index is 13.1. The highest BCUT2D eigenvalue weighted by atomic mass is 35.5. The van der Waals surface area contributed by atoms with Crippen LogP contribution in [0, 0.1) is 0 Å². The molecule has 3 aromatic carbocycles. The van der Waals surface area contributed by atoms with Gasteiger partial charge < -0.3 is 9.47 Å². The molecular formula is C27H22ClN3O3. The topological polar surface area (TPSA) is 72.8 Å². The van der Waals surface area contributed by atoms with E-state index in [1.807, 2.05) is 36.4 Å². The minimum Gasteiger partial charge on any atom is -0.454 e. The molecule has 0 unspecified atom stereocenters. The molecule has 1 aliphatic heterocycles. The van der Waals surface area contributed by atoms with Crippen molar-refractivity contribution in [1.29, 1.82) is 0 Å². The molecule has 0 spiro atoms. The Kier molecular flexibility index (Phi) is 6.14. The van der Waals surface area contributed by atoms with Crippen molar-refractivity contribution in [3.05, 3.63) is 88.4 Å². The molecule has 1 aliphatic rings. The van der Waals surface area contributed by atoms with Gasteiger partial charge in [0.2, 0.25) is 6.79 Å². The number of nitrogens with one attached hydrogen (secondary N) is 1. The van der Waals surface area contributed by atoms with E-state index in [1.165, 1.54) is 11.8 Å². The van der Waals surface area contributed by atoms with Gasteiger partial charge in [0.15, 0.2) is 11.5 Å². The Labute approximate surface area is 202 Å². The number of hydrogen-bond donors (Lipinski definition) is 1. The monoisotopic (exact) mass is 471 g/mol. The second-order valence-corrected chi connectivity index (χ2v) is 8.35. The summed E-state index contributed by atoms with van der Waals surface area (Å²) >= 11 is 6.29. The van der Waals surface area contributed by atoms with Crippen molar-refractivity contribution in [2.45, 2.75) is 19.8 Å². The number of amides is 1. The third kappa shape index (κ3) is 4.45. The van der Waals surface area contributed by atoms with Gasteiger partial charge in [-0.15, -0.1) is 0 Å². The Hall–Kier alpha value is -3.90. The molecule has 0 fully saturated rings. The summed E-state index contributed by atoms with van der Waals surface area (Å²) in [5, 5.41) is 5.32. The number of ether oxygens (including phenoxy) is 2. The van der Waals surface area contributed by atoms with Crippen LogP contribution in [0.15, 0.2) is 71.8 Å². The molecule has 0 atom stereocenters. The van der Waals surface area contributed by atoms with Crippen LogP contribution in [-0.2, 0) is 6.42 Å². The number of aryl methyl sites for hydroxylation is 1. The average molecular weight is 472 g/mol. The Bertz CT molecular complexity index is 1400. The number of hydrazone groups is 1. The summed E-state index contributed by atoms with van der Waals surface area (Å²) in [7, 11) is 0. The number of halogens is 1. The molecular weight excluding hydrogens is 450 g/mol. The highest BCUT2D eigenvalue weighted by Crippen LogP contribution is 2.36. The number of aromatic nitrogens is 1. The predicted octanol–water partition coefficient (Wildman–Crippen LogP) is 6.00. The summed E-state index contributed by atoms with van der Waals surface area (Å²) in [6.45, 7) is 2.31. The van der Waals surface area contributed by atoms with E-state index in [9.17, 15) is 4.79 Å². The first-order valence-electron chi connectivity index (χ1n) is 11.0. The van der Waals surface area contributed by atoms with Crippen molar-refractivity contribution < 1.29 is 14.3 Å². The molecule has 1 amide bonds. The van der Waals surface area contributed by atoms with Crippen LogP contribution in [0.4, 0.5) is 0 Å². The third-order valence-electron chi connectivity index (χ3n) is 5.61. The van der Waals surface area contributed by atoms with E-state index >= 15 is 0 Å². The number of nitrogens with zero attached hydrogens (tertiary/aromatic N) is 2. The zero-order valence-electron chi connectivity index (χ0n) is 18.5. The maximum Gasteiger partial charge on any atom is 0.272 e. The van der Waals surface area contributed by atoms with E-state index in [0.717, 1.165) is 35.0 Å². The predicted molar refractivity (Wildman–Crippen MR) is 134 cm³/mol. The lowest BCUT2D eigenvalue weighted by atomic mass is 10.0. The number of para-hydroxylation sites is 1. The van der Waals surface area contributed by atoms with Gasteiger partial charge in [-0.2, -0.15) is 5.10 Å². The van der Waals surface area contributed by atoms with Gasteiger partial charge in [0, 0.05) is 22.6 Å². The summed E-state index contributed by atoms with van der Waals surface area (Å²) < 4.78 is 10.7. The number of rotatable bonds is 6. The Morgan fingerprint density at radius 1 is 1.09 bits per heavy atom. The summed E-state index contributed by atoms with van der Waals surface area (Å²) in [5.41, 5.74) is 7.42. The molecule has 4 aromatic rings. The smallest absolute Gasteiger partial charge is 0.272 e. The van der Waals surface area contributed by atoms with Crippen molar-refractivity contribution in [1.82, 2.24) is 10.4 Å². The van der Waals surface area contributed by atoms with Crippen molar-refractivity contribution in [3.8, 4) is 22.8 Å². The molecule has 170 valence electrons. The molecule has 0 radical (unpaired) electrons. The molecule has 5 rings (SSSR count). The first-order valence-corrected chi connectivity index (χ1v) is 11.4. The van der Waals surface area contributed by atoms with E-state index in [1.54, 1.807) is 18.2 Å². The van der Waals surface area contributed by atoms with Crippen LogP contribution in [0.3, 0.4) is 0 Å². The van der Waals surface area contributed by atoms with Gasteiger partial charge in [0.1, 0.15) is 0 Å². The van der Waals surface area contributed by atoms with E-state index < -0.39 is 0 Å². The van der Waals surface area contributed by atoms with Gasteiger partial charge in [-0.3, -0.25) is 4.79 Å². The maximum absolute atomic E-state index is 13.1. The molecule has 6 nitrogen and oxygen atoms in total. The summed E-state index contributed by atoms with van der Waals surface area (Å²) in [5.74, 6) is 0.840. The molecule has 0 bridgehead atoms. The van der Waals surface area contributed by atoms with Crippen molar-refractivity contribution in [2.75, 3.05) is 6.79 Å². The minimum absolute atomic E-state index is 0.155. The van der Waals surface area contributed by atoms with Crippen LogP contribution in [0.25, 0.3) is 22.2 Å². The van der Waals surface area contributed by atoms with Gasteiger partial charge >= 0.3 is 0 Å². The first-order chi connectivity index (χ1) is 16.6. The summed E-state index contributed by atoms with van der Waals surface area (Å²) in [6, 6.07) is 21.1. The second-order valence-electron chi connectivity index (χ2n) is 7.95. The molecule has 0 saturated heterocycles. The number of carbonyl (C=O) groups is 1. The van der Waals surface area contributed by atoms with Gasteiger partial charge in [-0.1, -0.05) is 67.4 Å². The molecule has 1 aromatic heterocycles. The molecule has 0 aliphatic carbocycles. The normalized spacial score (nSPS) is 12.4. The summed E-state index contributed by atoms with van der Waals surface area (Å²) in [6.07, 6.45) is 3.61. The lowest BCUT2D eigenvalue weighted by Crippen LogP contribution is -2.18. The van der Waals surface area contributed by atoms with Crippen molar-refractivity contribution in [2.24, 2.45) is 5.10 Å². The first kappa shape index (κ1) is 21.9. The van der Waals surface area contributed by atoms with Crippen LogP contribution in [-0.4, -0.2) is 23.9 Å². The number of benzene rings is 3. The summed E-state index contributed by atoms with van der Waals surface area (Å²) in [4.78, 5) is 17.9. The van der Waals surface area contributed by atoms with E-state index in [4.69, 9.17) is 26.1 Å². The van der Waals surface area contributed by atoms with Gasteiger partial charge in [0.25, 0.3) is 5.91 Å². The fourth-order valence-electron chi connectivity index (χ4n) is 3.89.